The van der Waals surface area contributed by atoms with Crippen molar-refractivity contribution >= 4 is 0 Å². The first kappa shape index (κ1) is 36.2. The molecule has 18 heavy (non-hydrogen) atoms. The largest absolute Gasteiger partial charge is 4.00 e. The van der Waals surface area contributed by atoms with Gasteiger partial charge in [0.05, 0.1) is 26.2 Å². The Morgan fingerprint density at radius 1 is 0.500 bits per heavy atom. The molecule has 0 saturated carbocycles. The van der Waals surface area contributed by atoms with Crippen LogP contribution in [0.1, 0.15) is 53.4 Å². The Morgan fingerprint density at radius 3 is 0.778 bits per heavy atom. The molecule has 0 fully saturated rings. The van der Waals surface area contributed by atoms with Gasteiger partial charge in [-0.05, 0) is 25.7 Å². The van der Waals surface area contributed by atoms with E-state index < -0.39 is 0 Å². The van der Waals surface area contributed by atoms with Crippen LogP contribution in [0.15, 0.2) is 0 Å². The van der Waals surface area contributed by atoms with Crippen molar-refractivity contribution in [3.63, 3.8) is 0 Å². The second-order valence-corrected chi connectivity index (χ2v) is 4.24. The van der Waals surface area contributed by atoms with Crippen LogP contribution in [0.2, 0.25) is 0 Å². The molecule has 0 saturated heterocycles. The fraction of sp³-hybridized carbons (Fsp3) is 1.00. The molecule has 0 aromatic carbocycles. The van der Waals surface area contributed by atoms with Crippen LogP contribution in [0.4, 0.5) is 0 Å². The molecule has 0 N–H and O–H groups in total. The Kier molecular flexibility index (Phi) is 45.5. The van der Waals surface area contributed by atoms with Gasteiger partial charge >= 0.3 is 19.5 Å². The summed E-state index contributed by atoms with van der Waals surface area (Å²) in [5.74, 6) is 0. The van der Waals surface area contributed by atoms with E-state index in [2.05, 4.69) is 27.7 Å². The molecule has 0 rings (SSSR count). The van der Waals surface area contributed by atoms with Gasteiger partial charge in [0, 0.05) is 0 Å². The number of rotatable bonds is 8. The quantitative estimate of drug-likeness (QED) is 0.472. The van der Waals surface area contributed by atoms with Gasteiger partial charge in [-0.2, -0.15) is 0 Å². The standard InChI is InChI=1S/C12H28N.4O.Ru/c1-5-9-13(10-6-2,11-7-3)12-8-4;;;;;/h5-12H2,1-4H3;;;;;/q+1;4*-2;+4. The SMILES string of the molecule is CCC[N+](CCC)(CCC)CCC.[O-2].[O-2].[O-2].[O-2].[Ru+4]. The first-order chi connectivity index (χ1) is 6.24. The summed E-state index contributed by atoms with van der Waals surface area (Å²) in [4.78, 5) is 0. The van der Waals surface area contributed by atoms with E-state index in [-0.39, 0.29) is 41.4 Å². The van der Waals surface area contributed by atoms with Crippen molar-refractivity contribution in [3.8, 4) is 0 Å². The van der Waals surface area contributed by atoms with Crippen molar-refractivity contribution in [1.29, 1.82) is 0 Å². The predicted molar refractivity (Wildman–Crippen MR) is 63.6 cm³/mol. The molecule has 0 amide bonds. The molecule has 0 atom stereocenters. The van der Waals surface area contributed by atoms with Gasteiger partial charge in [0.1, 0.15) is 0 Å². The molecule has 0 aliphatic carbocycles. The van der Waals surface area contributed by atoms with E-state index in [0.29, 0.717) is 0 Å². The summed E-state index contributed by atoms with van der Waals surface area (Å²) in [6.07, 6.45) is 5.33. The second kappa shape index (κ2) is 22.6. The monoisotopic (exact) mass is 352 g/mol. The third kappa shape index (κ3) is 14.5. The van der Waals surface area contributed by atoms with E-state index in [4.69, 9.17) is 0 Å². The molecule has 0 radical (unpaired) electrons. The molecule has 116 valence electrons. The third-order valence-electron chi connectivity index (χ3n) is 2.79. The summed E-state index contributed by atoms with van der Waals surface area (Å²) in [5, 5.41) is 0. The molecule has 0 heterocycles. The van der Waals surface area contributed by atoms with Gasteiger partial charge in [-0.15, -0.1) is 0 Å². The Bertz CT molecular complexity index is 99.1. The number of hydrogen-bond donors (Lipinski definition) is 0. The zero-order chi connectivity index (χ0) is 10.2. The van der Waals surface area contributed by atoms with Crippen LogP contribution in [0.3, 0.4) is 0 Å². The van der Waals surface area contributed by atoms with Crippen LogP contribution in [0, 0.1) is 0 Å². The maximum absolute atomic E-state index is 2.31. The smallest absolute Gasteiger partial charge is 2.00 e. The van der Waals surface area contributed by atoms with Crippen LogP contribution < -0.4 is 0 Å². The van der Waals surface area contributed by atoms with E-state index in [1.165, 1.54) is 56.3 Å². The summed E-state index contributed by atoms with van der Waals surface area (Å²) < 4.78 is 1.38. The normalized spacial score (nSPS) is 8.67. The maximum atomic E-state index is 2.31. The van der Waals surface area contributed by atoms with Crippen molar-refractivity contribution in [2.45, 2.75) is 53.4 Å². The first-order valence-electron chi connectivity index (χ1n) is 6.09. The molecule has 6 heteroatoms. The fourth-order valence-electron chi connectivity index (χ4n) is 2.57. The van der Waals surface area contributed by atoms with Gasteiger partial charge in [-0.1, -0.05) is 27.7 Å². The molecule has 0 aromatic heterocycles. The molecule has 0 bridgehead atoms. The van der Waals surface area contributed by atoms with Gasteiger partial charge in [0.15, 0.2) is 0 Å². The van der Waals surface area contributed by atoms with Crippen LogP contribution >= 0.6 is 0 Å². The predicted octanol–water partition coefficient (Wildman–Crippen LogP) is 2.97. The Balaban J connectivity index is -0.0000000720. The first-order valence-corrected chi connectivity index (χ1v) is 6.09. The Morgan fingerprint density at radius 2 is 0.667 bits per heavy atom. The van der Waals surface area contributed by atoms with E-state index in [1.54, 1.807) is 0 Å². The average molecular weight is 351 g/mol. The molecule has 0 unspecified atom stereocenters. The van der Waals surface area contributed by atoms with Crippen molar-refractivity contribution < 1.29 is 45.9 Å². The Labute approximate surface area is 126 Å². The minimum absolute atomic E-state index is 0. The second-order valence-electron chi connectivity index (χ2n) is 4.24. The van der Waals surface area contributed by atoms with Gasteiger partial charge in [0.2, 0.25) is 0 Å². The van der Waals surface area contributed by atoms with Crippen LogP contribution in [0.25, 0.3) is 0 Å². The zero-order valence-corrected chi connectivity index (χ0v) is 13.8. The van der Waals surface area contributed by atoms with E-state index in [9.17, 15) is 0 Å². The summed E-state index contributed by atoms with van der Waals surface area (Å²) in [7, 11) is 0. The molecule has 0 spiro atoms. The molecular weight excluding hydrogens is 323 g/mol. The zero-order valence-electron chi connectivity index (χ0n) is 12.1. The van der Waals surface area contributed by atoms with E-state index in [0.717, 1.165) is 0 Å². The minimum Gasteiger partial charge on any atom is -2.00 e. The molecule has 5 nitrogen and oxygen atoms in total. The number of quaternary nitrogens is 1. The summed E-state index contributed by atoms with van der Waals surface area (Å²) in [6, 6.07) is 0. The third-order valence-corrected chi connectivity index (χ3v) is 2.79. The van der Waals surface area contributed by atoms with Gasteiger partial charge in [-0.3, -0.25) is 0 Å². The average Bonchev–Trinajstić information content (AvgIpc) is 2.06. The van der Waals surface area contributed by atoms with Crippen LogP contribution in [-0.2, 0) is 41.4 Å². The van der Waals surface area contributed by atoms with E-state index in [1.807, 2.05) is 0 Å². The minimum atomic E-state index is 0. The van der Waals surface area contributed by atoms with Gasteiger partial charge < -0.3 is 26.4 Å². The number of hydrogen-bond acceptors (Lipinski definition) is 0. The summed E-state index contributed by atoms with van der Waals surface area (Å²) >= 11 is 0. The molecule has 0 aliphatic heterocycles. The summed E-state index contributed by atoms with van der Waals surface area (Å²) in [6.45, 7) is 14.8. The van der Waals surface area contributed by atoms with Gasteiger partial charge in [0.25, 0.3) is 0 Å². The van der Waals surface area contributed by atoms with Crippen molar-refractivity contribution in [2.75, 3.05) is 26.2 Å². The van der Waals surface area contributed by atoms with E-state index >= 15 is 0 Å². The topological polar surface area (TPSA) is 114 Å². The Hall–Kier alpha value is 0.423. The van der Waals surface area contributed by atoms with Crippen LogP contribution in [0.5, 0.6) is 0 Å². The van der Waals surface area contributed by atoms with Gasteiger partial charge in [-0.25, -0.2) is 0 Å². The molecule has 0 aromatic rings. The molecular formula is C12H28NO4Ru-3. The summed E-state index contributed by atoms with van der Waals surface area (Å²) in [5.41, 5.74) is 0. The molecule has 0 aliphatic rings. The maximum Gasteiger partial charge on any atom is 4.00 e. The number of nitrogens with zero attached hydrogens (tertiary/aromatic N) is 1. The van der Waals surface area contributed by atoms with Crippen LogP contribution in [-0.4, -0.2) is 30.7 Å². The van der Waals surface area contributed by atoms with Crippen molar-refractivity contribution in [1.82, 2.24) is 0 Å². The van der Waals surface area contributed by atoms with Crippen molar-refractivity contribution in [2.24, 2.45) is 0 Å². The van der Waals surface area contributed by atoms with Crippen molar-refractivity contribution in [3.05, 3.63) is 0 Å². The fourth-order valence-corrected chi connectivity index (χ4v) is 2.57.